The molecule has 0 amide bonds. The van der Waals surface area contributed by atoms with Crippen molar-refractivity contribution in [1.82, 2.24) is 0 Å². The second kappa shape index (κ2) is 3.15. The number of hydrogen-bond donors (Lipinski definition) is 3. The summed E-state index contributed by atoms with van der Waals surface area (Å²) in [5.74, 6) is 0. The summed E-state index contributed by atoms with van der Waals surface area (Å²) in [5.41, 5.74) is 0. The second-order valence-corrected chi connectivity index (χ2v) is 3.09. The summed E-state index contributed by atoms with van der Waals surface area (Å²) in [6.07, 6.45) is -2.61. The number of halogens is 1. The van der Waals surface area contributed by atoms with Crippen LogP contribution in [-0.2, 0) is 4.74 Å². The number of aliphatic hydroxyl groups is 3. The average molecular weight is 213 g/mol. The van der Waals surface area contributed by atoms with Gasteiger partial charge in [-0.25, -0.2) is 0 Å². The third kappa shape index (κ3) is 1.33. The van der Waals surface area contributed by atoms with Crippen LogP contribution in [0.1, 0.15) is 0 Å². The van der Waals surface area contributed by atoms with Crippen molar-refractivity contribution in [2.45, 2.75) is 23.3 Å². The lowest BCUT2D eigenvalue weighted by molar-refractivity contribution is -0.00760. The van der Waals surface area contributed by atoms with Gasteiger partial charge in [-0.05, 0) is 0 Å². The van der Waals surface area contributed by atoms with E-state index in [1.54, 1.807) is 0 Å². The van der Waals surface area contributed by atoms with Crippen molar-refractivity contribution in [3.8, 4) is 0 Å². The van der Waals surface area contributed by atoms with Crippen molar-refractivity contribution in [2.24, 2.45) is 0 Å². The van der Waals surface area contributed by atoms with Gasteiger partial charge in [0.05, 0.1) is 6.61 Å². The lowest BCUT2D eigenvalue weighted by atomic mass is 10.2. The van der Waals surface area contributed by atoms with Crippen LogP contribution in [0.3, 0.4) is 0 Å². The molecule has 0 aromatic carbocycles. The van der Waals surface area contributed by atoms with Crippen LogP contribution in [0.25, 0.3) is 0 Å². The summed E-state index contributed by atoms with van der Waals surface area (Å²) < 4.78 is 4.90. The average Bonchev–Trinajstić information content (AvgIpc) is 2.17. The molecule has 0 bridgehead atoms. The highest BCUT2D eigenvalue weighted by Gasteiger charge is 2.40. The third-order valence-corrected chi connectivity index (χ3v) is 2.24. The Morgan fingerprint density at radius 3 is 2.10 bits per heavy atom. The van der Waals surface area contributed by atoms with Crippen molar-refractivity contribution in [3.05, 3.63) is 0 Å². The number of ether oxygens (including phenoxy) is 1. The van der Waals surface area contributed by atoms with Gasteiger partial charge in [-0.2, -0.15) is 0 Å². The Hall–Kier alpha value is 0.320. The number of alkyl halides is 1. The topological polar surface area (TPSA) is 69.9 Å². The van der Waals surface area contributed by atoms with Gasteiger partial charge in [0.1, 0.15) is 23.3 Å². The first-order valence-corrected chi connectivity index (χ1v) is 3.85. The van der Waals surface area contributed by atoms with Crippen molar-refractivity contribution in [2.75, 3.05) is 6.61 Å². The van der Waals surface area contributed by atoms with Gasteiger partial charge in [-0.15, -0.1) is 0 Å². The van der Waals surface area contributed by atoms with Crippen molar-refractivity contribution in [3.63, 3.8) is 0 Å². The van der Waals surface area contributed by atoms with Gasteiger partial charge < -0.3 is 20.1 Å². The summed E-state index contributed by atoms with van der Waals surface area (Å²) >= 11 is 2.98. The molecule has 0 aliphatic carbocycles. The predicted molar refractivity (Wildman–Crippen MR) is 36.7 cm³/mol. The molecule has 0 aromatic heterocycles. The first kappa shape index (κ1) is 8.42. The molecule has 0 unspecified atom stereocenters. The van der Waals surface area contributed by atoms with Gasteiger partial charge in [0.15, 0.2) is 0 Å². The number of hydrogen-bond acceptors (Lipinski definition) is 4. The first-order chi connectivity index (χ1) is 4.66. The van der Waals surface area contributed by atoms with E-state index in [0.29, 0.717) is 0 Å². The Morgan fingerprint density at radius 2 is 1.90 bits per heavy atom. The van der Waals surface area contributed by atoms with Gasteiger partial charge in [0.25, 0.3) is 0 Å². The Kier molecular flexibility index (Phi) is 2.65. The van der Waals surface area contributed by atoms with E-state index in [4.69, 9.17) is 20.1 Å². The molecule has 1 aliphatic heterocycles. The summed E-state index contributed by atoms with van der Waals surface area (Å²) in [5, 5.41) is 26.1. The molecule has 0 spiro atoms. The van der Waals surface area contributed by atoms with Crippen LogP contribution in [0.4, 0.5) is 0 Å². The molecule has 0 saturated carbocycles. The maximum atomic E-state index is 9.06. The fourth-order valence-corrected chi connectivity index (χ4v) is 1.44. The van der Waals surface area contributed by atoms with E-state index in [1.165, 1.54) is 0 Å². The third-order valence-electron chi connectivity index (χ3n) is 1.48. The van der Waals surface area contributed by atoms with E-state index in [2.05, 4.69) is 15.9 Å². The normalized spacial score (nSPS) is 48.0. The van der Waals surface area contributed by atoms with Crippen LogP contribution in [-0.4, -0.2) is 45.3 Å². The van der Waals surface area contributed by atoms with E-state index >= 15 is 0 Å². The van der Waals surface area contributed by atoms with E-state index in [0.717, 1.165) is 0 Å². The lowest BCUT2D eigenvalue weighted by Crippen LogP contribution is -2.32. The molecule has 1 fully saturated rings. The molecule has 1 saturated heterocycles. The standard InChI is InChI=1S/C5H9BrO4/c6-5-4(9)3(8)2(1-7)10-5/h2-5,7-9H,1H2/t2-,3-,4-,5+/m1/s1. The molecule has 10 heavy (non-hydrogen) atoms. The van der Waals surface area contributed by atoms with E-state index in [9.17, 15) is 0 Å². The molecule has 0 radical (unpaired) electrons. The van der Waals surface area contributed by atoms with Crippen LogP contribution in [0.2, 0.25) is 0 Å². The monoisotopic (exact) mass is 212 g/mol. The summed E-state index contributed by atoms with van der Waals surface area (Å²) in [4.78, 5) is 0. The van der Waals surface area contributed by atoms with Crippen LogP contribution in [0, 0.1) is 0 Å². The van der Waals surface area contributed by atoms with Gasteiger partial charge in [-0.1, -0.05) is 15.9 Å². The lowest BCUT2D eigenvalue weighted by Gasteiger charge is -2.09. The fourth-order valence-electron chi connectivity index (χ4n) is 0.854. The largest absolute Gasteiger partial charge is 0.394 e. The van der Waals surface area contributed by atoms with Crippen molar-refractivity contribution >= 4 is 15.9 Å². The molecular formula is C5H9BrO4. The maximum absolute atomic E-state index is 9.06. The molecule has 60 valence electrons. The van der Waals surface area contributed by atoms with Gasteiger partial charge in [0, 0.05) is 0 Å². The molecule has 1 heterocycles. The van der Waals surface area contributed by atoms with Gasteiger partial charge in [-0.3, -0.25) is 0 Å². The van der Waals surface area contributed by atoms with Gasteiger partial charge in [0.2, 0.25) is 0 Å². The molecule has 5 heteroatoms. The smallest absolute Gasteiger partial charge is 0.141 e. The predicted octanol–water partition coefficient (Wildman–Crippen LogP) is -1.18. The fraction of sp³-hybridized carbons (Fsp3) is 1.00. The van der Waals surface area contributed by atoms with Crippen LogP contribution in [0.5, 0.6) is 0 Å². The zero-order valence-corrected chi connectivity index (χ0v) is 6.73. The van der Waals surface area contributed by atoms with Gasteiger partial charge >= 0.3 is 0 Å². The Labute approximate surface area is 66.6 Å². The quantitative estimate of drug-likeness (QED) is 0.479. The van der Waals surface area contributed by atoms with Crippen LogP contribution >= 0.6 is 15.9 Å². The summed E-state index contributed by atoms with van der Waals surface area (Å²) in [6, 6.07) is 0. The maximum Gasteiger partial charge on any atom is 0.141 e. The zero-order chi connectivity index (χ0) is 7.72. The molecule has 1 rings (SSSR count). The summed E-state index contributed by atoms with van der Waals surface area (Å²) in [6.45, 7) is -0.277. The minimum atomic E-state index is -0.991. The SMILES string of the molecule is OC[C@H]1O[C@H](Br)[C@H](O)[C@@H]1O. The molecular weight excluding hydrogens is 204 g/mol. The zero-order valence-electron chi connectivity index (χ0n) is 5.14. The molecule has 3 N–H and O–H groups in total. The molecule has 0 aromatic rings. The first-order valence-electron chi connectivity index (χ1n) is 2.93. The van der Waals surface area contributed by atoms with Crippen molar-refractivity contribution < 1.29 is 20.1 Å². The van der Waals surface area contributed by atoms with E-state index in [1.807, 2.05) is 0 Å². The minimum Gasteiger partial charge on any atom is -0.394 e. The second-order valence-electron chi connectivity index (χ2n) is 2.19. The minimum absolute atomic E-state index is 0.277. The molecule has 4 atom stereocenters. The highest BCUT2D eigenvalue weighted by atomic mass is 79.9. The Bertz CT molecular complexity index is 120. The van der Waals surface area contributed by atoms with E-state index in [-0.39, 0.29) is 6.61 Å². The van der Waals surface area contributed by atoms with Crippen molar-refractivity contribution in [1.29, 1.82) is 0 Å². The molecule has 1 aliphatic rings. The highest BCUT2D eigenvalue weighted by Crippen LogP contribution is 2.24. The summed E-state index contributed by atoms with van der Waals surface area (Å²) in [7, 11) is 0. The Balaban J connectivity index is 2.53. The number of rotatable bonds is 1. The van der Waals surface area contributed by atoms with Crippen LogP contribution in [0.15, 0.2) is 0 Å². The molecule has 4 nitrogen and oxygen atoms in total. The van der Waals surface area contributed by atoms with Crippen LogP contribution < -0.4 is 0 Å². The Morgan fingerprint density at radius 1 is 1.30 bits per heavy atom. The number of aliphatic hydroxyl groups excluding tert-OH is 3. The van der Waals surface area contributed by atoms with E-state index < -0.39 is 23.3 Å². The highest BCUT2D eigenvalue weighted by molar-refractivity contribution is 9.09.